The SMILES string of the molecule is NCCc1cccc2c1SC1=C(C=CCC1=O)C2. The fourth-order valence-corrected chi connectivity index (χ4v) is 3.73. The number of hydrogen-bond donors (Lipinski definition) is 1. The summed E-state index contributed by atoms with van der Waals surface area (Å²) in [6.07, 6.45) is 6.36. The van der Waals surface area contributed by atoms with Crippen molar-refractivity contribution < 1.29 is 4.79 Å². The summed E-state index contributed by atoms with van der Waals surface area (Å²) in [5, 5.41) is 0. The smallest absolute Gasteiger partial charge is 0.173 e. The Labute approximate surface area is 111 Å². The van der Waals surface area contributed by atoms with Crippen molar-refractivity contribution in [3.05, 3.63) is 52.0 Å². The quantitative estimate of drug-likeness (QED) is 0.885. The van der Waals surface area contributed by atoms with E-state index in [9.17, 15) is 4.79 Å². The van der Waals surface area contributed by atoms with Crippen LogP contribution >= 0.6 is 11.8 Å². The Hall–Kier alpha value is -1.32. The van der Waals surface area contributed by atoms with Crippen LogP contribution in [0.5, 0.6) is 0 Å². The van der Waals surface area contributed by atoms with Gasteiger partial charge in [-0.1, -0.05) is 42.1 Å². The number of hydrogen-bond acceptors (Lipinski definition) is 3. The molecule has 0 radical (unpaired) electrons. The highest BCUT2D eigenvalue weighted by molar-refractivity contribution is 8.04. The second kappa shape index (κ2) is 4.75. The normalized spacial score (nSPS) is 17.7. The molecule has 0 amide bonds. The lowest BCUT2D eigenvalue weighted by atomic mass is 9.96. The van der Waals surface area contributed by atoms with Crippen LogP contribution in [0.1, 0.15) is 17.5 Å². The molecule has 0 fully saturated rings. The number of nitrogens with two attached hydrogens (primary N) is 1. The highest BCUT2D eigenvalue weighted by atomic mass is 32.2. The summed E-state index contributed by atoms with van der Waals surface area (Å²) >= 11 is 1.64. The predicted molar refractivity (Wildman–Crippen MR) is 74.6 cm³/mol. The molecule has 92 valence electrons. The Bertz CT molecular complexity index is 572. The summed E-state index contributed by atoms with van der Waals surface area (Å²) in [6.45, 7) is 0.650. The third-order valence-corrected chi connectivity index (χ3v) is 4.77. The molecule has 0 bridgehead atoms. The van der Waals surface area contributed by atoms with Gasteiger partial charge in [0.05, 0.1) is 4.91 Å². The van der Waals surface area contributed by atoms with Gasteiger partial charge in [0, 0.05) is 11.3 Å². The Kier molecular flexibility index (Phi) is 3.10. The van der Waals surface area contributed by atoms with E-state index < -0.39 is 0 Å². The number of allylic oxidation sites excluding steroid dienone is 4. The molecule has 1 aromatic carbocycles. The highest BCUT2D eigenvalue weighted by Crippen LogP contribution is 2.42. The first-order valence-corrected chi connectivity index (χ1v) is 7.03. The van der Waals surface area contributed by atoms with Gasteiger partial charge < -0.3 is 5.73 Å². The zero-order valence-corrected chi connectivity index (χ0v) is 10.9. The second-order valence-corrected chi connectivity index (χ2v) is 5.63. The molecule has 0 spiro atoms. The number of benzene rings is 1. The second-order valence-electron chi connectivity index (χ2n) is 4.61. The summed E-state index contributed by atoms with van der Waals surface area (Å²) in [4.78, 5) is 14.1. The van der Waals surface area contributed by atoms with Gasteiger partial charge in [-0.25, -0.2) is 0 Å². The molecule has 1 heterocycles. The van der Waals surface area contributed by atoms with Crippen LogP contribution < -0.4 is 5.73 Å². The van der Waals surface area contributed by atoms with Gasteiger partial charge in [0.1, 0.15) is 0 Å². The van der Waals surface area contributed by atoms with Gasteiger partial charge in [0.2, 0.25) is 0 Å². The molecule has 0 saturated heterocycles. The molecule has 3 rings (SSSR count). The lowest BCUT2D eigenvalue weighted by molar-refractivity contribution is -0.114. The van der Waals surface area contributed by atoms with E-state index in [1.165, 1.54) is 21.6 Å². The third kappa shape index (κ3) is 1.93. The van der Waals surface area contributed by atoms with Crippen LogP contribution in [0, 0.1) is 0 Å². The summed E-state index contributed by atoms with van der Waals surface area (Å²) in [6, 6.07) is 6.36. The summed E-state index contributed by atoms with van der Waals surface area (Å²) in [5.41, 5.74) is 9.42. The van der Waals surface area contributed by atoms with Crippen LogP contribution in [0.2, 0.25) is 0 Å². The molecule has 1 aromatic rings. The van der Waals surface area contributed by atoms with Crippen molar-refractivity contribution in [1.82, 2.24) is 0 Å². The molecular formula is C15H15NOS. The van der Waals surface area contributed by atoms with Gasteiger partial charge in [0.25, 0.3) is 0 Å². The number of thioether (sulfide) groups is 1. The van der Waals surface area contributed by atoms with E-state index in [1.807, 2.05) is 6.08 Å². The molecule has 0 unspecified atom stereocenters. The van der Waals surface area contributed by atoms with E-state index in [-0.39, 0.29) is 5.78 Å². The number of Topliss-reactive ketones (excluding diaryl/α,β-unsaturated/α-hetero) is 1. The summed E-state index contributed by atoms with van der Waals surface area (Å²) in [7, 11) is 0. The Balaban J connectivity index is 2.03. The first-order chi connectivity index (χ1) is 8.79. The van der Waals surface area contributed by atoms with Gasteiger partial charge in [-0.2, -0.15) is 0 Å². The van der Waals surface area contributed by atoms with Crippen LogP contribution in [0.4, 0.5) is 0 Å². The molecule has 1 aliphatic heterocycles. The topological polar surface area (TPSA) is 43.1 Å². The third-order valence-electron chi connectivity index (χ3n) is 3.34. The van der Waals surface area contributed by atoms with Crippen LogP contribution in [-0.2, 0) is 17.6 Å². The molecule has 0 aromatic heterocycles. The number of ketones is 1. The maximum Gasteiger partial charge on any atom is 0.173 e. The Morgan fingerprint density at radius 3 is 3.06 bits per heavy atom. The van der Waals surface area contributed by atoms with Crippen LogP contribution in [0.25, 0.3) is 0 Å². The molecule has 2 nitrogen and oxygen atoms in total. The van der Waals surface area contributed by atoms with Crippen molar-refractivity contribution in [2.75, 3.05) is 6.54 Å². The van der Waals surface area contributed by atoms with E-state index in [2.05, 4.69) is 24.3 Å². The maximum atomic E-state index is 12.0. The Morgan fingerprint density at radius 2 is 2.22 bits per heavy atom. The zero-order chi connectivity index (χ0) is 12.5. The van der Waals surface area contributed by atoms with E-state index in [0.29, 0.717) is 13.0 Å². The number of rotatable bonds is 2. The van der Waals surface area contributed by atoms with Crippen molar-refractivity contribution in [2.45, 2.75) is 24.2 Å². The van der Waals surface area contributed by atoms with Crippen LogP contribution in [0.15, 0.2) is 45.7 Å². The van der Waals surface area contributed by atoms with E-state index in [0.717, 1.165) is 17.7 Å². The Morgan fingerprint density at radius 1 is 1.33 bits per heavy atom. The summed E-state index contributed by atoms with van der Waals surface area (Å²) in [5.74, 6) is 0.255. The molecule has 3 heteroatoms. The van der Waals surface area contributed by atoms with Crippen molar-refractivity contribution in [2.24, 2.45) is 5.73 Å². The van der Waals surface area contributed by atoms with Crippen molar-refractivity contribution in [1.29, 1.82) is 0 Å². The number of carbonyl (C=O) groups excluding carboxylic acids is 1. The van der Waals surface area contributed by atoms with Gasteiger partial charge in [0.15, 0.2) is 5.78 Å². The minimum Gasteiger partial charge on any atom is -0.330 e. The van der Waals surface area contributed by atoms with Gasteiger partial charge in [-0.3, -0.25) is 4.79 Å². The fourth-order valence-electron chi connectivity index (χ4n) is 2.49. The van der Waals surface area contributed by atoms with Crippen molar-refractivity contribution in [3.63, 3.8) is 0 Å². The van der Waals surface area contributed by atoms with Crippen LogP contribution in [-0.4, -0.2) is 12.3 Å². The molecule has 0 atom stereocenters. The lowest BCUT2D eigenvalue weighted by Gasteiger charge is -2.24. The van der Waals surface area contributed by atoms with Crippen LogP contribution in [0.3, 0.4) is 0 Å². The fraction of sp³-hybridized carbons (Fsp3) is 0.267. The minimum atomic E-state index is 0.255. The molecule has 18 heavy (non-hydrogen) atoms. The molecule has 2 aliphatic rings. The van der Waals surface area contributed by atoms with Crippen molar-refractivity contribution >= 4 is 17.5 Å². The minimum absolute atomic E-state index is 0.255. The lowest BCUT2D eigenvalue weighted by Crippen LogP contribution is -2.13. The van der Waals surface area contributed by atoms with Gasteiger partial charge >= 0.3 is 0 Å². The number of carbonyl (C=O) groups is 1. The zero-order valence-electron chi connectivity index (χ0n) is 10.1. The average molecular weight is 257 g/mol. The van der Waals surface area contributed by atoms with Gasteiger partial charge in [-0.05, 0) is 36.1 Å². The largest absolute Gasteiger partial charge is 0.330 e. The average Bonchev–Trinajstić information content (AvgIpc) is 2.38. The standard InChI is InChI=1S/C15H15NOS/c16-8-7-10-3-1-4-11-9-12-5-2-6-13(17)15(12)18-14(10)11/h1-5H,6-9,16H2. The maximum absolute atomic E-state index is 12.0. The van der Waals surface area contributed by atoms with E-state index in [1.54, 1.807) is 11.8 Å². The summed E-state index contributed by atoms with van der Waals surface area (Å²) < 4.78 is 0. The predicted octanol–water partition coefficient (Wildman–Crippen LogP) is 2.62. The van der Waals surface area contributed by atoms with E-state index in [4.69, 9.17) is 5.73 Å². The van der Waals surface area contributed by atoms with E-state index >= 15 is 0 Å². The first-order valence-electron chi connectivity index (χ1n) is 6.21. The van der Waals surface area contributed by atoms with Gasteiger partial charge in [-0.15, -0.1) is 0 Å². The molecular weight excluding hydrogens is 242 g/mol. The highest BCUT2D eigenvalue weighted by Gasteiger charge is 2.25. The number of fused-ring (bicyclic) bond motifs is 1. The van der Waals surface area contributed by atoms with Crippen molar-refractivity contribution in [3.8, 4) is 0 Å². The monoisotopic (exact) mass is 257 g/mol. The molecule has 0 saturated carbocycles. The molecule has 2 N–H and O–H groups in total. The molecule has 1 aliphatic carbocycles. The first kappa shape index (κ1) is 11.8.